The molecule has 0 aliphatic carbocycles. The summed E-state index contributed by atoms with van der Waals surface area (Å²) in [4.78, 5) is 47.5. The second-order valence-corrected chi connectivity index (χ2v) is 10.1. The SMILES string of the molecule is O=C(Nc1ccc(C(=O)N2C[C@@H]3CCN(C(=O)c4cccnc4-c4ccc(F)cc4)[C@@H]3C2)cc1)c1ccccc1. The van der Waals surface area contributed by atoms with Gasteiger partial charge >= 0.3 is 0 Å². The van der Waals surface area contributed by atoms with Crippen LogP contribution in [0.25, 0.3) is 11.3 Å². The van der Waals surface area contributed by atoms with Gasteiger partial charge in [-0.2, -0.15) is 0 Å². The summed E-state index contributed by atoms with van der Waals surface area (Å²) < 4.78 is 13.5. The summed E-state index contributed by atoms with van der Waals surface area (Å²) in [7, 11) is 0. The minimum absolute atomic E-state index is 0.0813. The molecule has 6 rings (SSSR count). The van der Waals surface area contributed by atoms with Gasteiger partial charge in [0, 0.05) is 54.1 Å². The van der Waals surface area contributed by atoms with Crippen LogP contribution in [-0.4, -0.2) is 58.2 Å². The zero-order valence-corrected chi connectivity index (χ0v) is 21.7. The molecule has 0 bridgehead atoms. The average Bonchev–Trinajstić information content (AvgIpc) is 3.59. The van der Waals surface area contributed by atoms with Crippen molar-refractivity contribution >= 4 is 23.4 Å². The number of fused-ring (bicyclic) bond motifs is 1. The Balaban J connectivity index is 1.13. The van der Waals surface area contributed by atoms with E-state index < -0.39 is 0 Å². The van der Waals surface area contributed by atoms with E-state index in [2.05, 4.69) is 10.3 Å². The predicted molar refractivity (Wildman–Crippen MR) is 149 cm³/mol. The normalized spacial score (nSPS) is 17.9. The highest BCUT2D eigenvalue weighted by Gasteiger charge is 2.45. The Morgan fingerprint density at radius 1 is 0.800 bits per heavy atom. The molecule has 7 nitrogen and oxygen atoms in total. The molecule has 3 heterocycles. The van der Waals surface area contributed by atoms with E-state index in [1.807, 2.05) is 11.0 Å². The second kappa shape index (κ2) is 10.7. The van der Waals surface area contributed by atoms with Gasteiger partial charge in [-0.05, 0) is 79.2 Å². The number of carbonyl (C=O) groups is 3. The summed E-state index contributed by atoms with van der Waals surface area (Å²) in [5, 5.41) is 2.85. The van der Waals surface area contributed by atoms with Crippen LogP contribution in [0, 0.1) is 11.7 Å². The zero-order chi connectivity index (χ0) is 27.6. The van der Waals surface area contributed by atoms with E-state index in [4.69, 9.17) is 0 Å². The number of likely N-dealkylation sites (tertiary alicyclic amines) is 2. The summed E-state index contributed by atoms with van der Waals surface area (Å²) in [5.74, 6) is -0.600. The monoisotopic (exact) mass is 534 g/mol. The van der Waals surface area contributed by atoms with Crippen molar-refractivity contribution in [1.29, 1.82) is 0 Å². The Morgan fingerprint density at radius 2 is 1.55 bits per heavy atom. The molecule has 40 heavy (non-hydrogen) atoms. The molecule has 1 aromatic heterocycles. The number of halogens is 1. The lowest BCUT2D eigenvalue weighted by Crippen LogP contribution is -2.41. The Bertz CT molecular complexity index is 1560. The minimum atomic E-state index is -0.350. The Labute approximate surface area is 231 Å². The summed E-state index contributed by atoms with van der Waals surface area (Å²) >= 11 is 0. The maximum absolute atomic E-state index is 13.7. The molecule has 200 valence electrons. The lowest BCUT2D eigenvalue weighted by atomic mass is 10.0. The summed E-state index contributed by atoms with van der Waals surface area (Å²) in [6.45, 7) is 1.65. The maximum atomic E-state index is 13.7. The third-order valence-corrected chi connectivity index (χ3v) is 7.68. The molecule has 2 saturated heterocycles. The van der Waals surface area contributed by atoms with Crippen LogP contribution in [0.15, 0.2) is 97.2 Å². The van der Waals surface area contributed by atoms with E-state index in [1.54, 1.807) is 83.9 Å². The fraction of sp³-hybridized carbons (Fsp3) is 0.188. The van der Waals surface area contributed by atoms with Crippen LogP contribution < -0.4 is 5.32 Å². The van der Waals surface area contributed by atoms with Crippen molar-refractivity contribution in [1.82, 2.24) is 14.8 Å². The Hall–Kier alpha value is -4.85. The third-order valence-electron chi connectivity index (χ3n) is 7.68. The van der Waals surface area contributed by atoms with Crippen molar-refractivity contribution in [3.63, 3.8) is 0 Å². The number of aromatic nitrogens is 1. The first-order chi connectivity index (χ1) is 19.5. The Kier molecular flexibility index (Phi) is 6.82. The molecule has 3 aromatic carbocycles. The number of hydrogen-bond donors (Lipinski definition) is 1. The highest BCUT2D eigenvalue weighted by atomic mass is 19.1. The van der Waals surface area contributed by atoms with Gasteiger partial charge in [-0.1, -0.05) is 18.2 Å². The predicted octanol–water partition coefficient (Wildman–Crippen LogP) is 5.13. The molecule has 4 aromatic rings. The first-order valence-electron chi connectivity index (χ1n) is 13.3. The number of benzene rings is 3. The number of nitrogens with one attached hydrogen (secondary N) is 1. The number of nitrogens with zero attached hydrogens (tertiary/aromatic N) is 3. The van der Waals surface area contributed by atoms with E-state index in [1.165, 1.54) is 12.1 Å². The van der Waals surface area contributed by atoms with Crippen molar-refractivity contribution in [2.24, 2.45) is 5.92 Å². The van der Waals surface area contributed by atoms with E-state index >= 15 is 0 Å². The molecule has 0 unspecified atom stereocenters. The summed E-state index contributed by atoms with van der Waals surface area (Å²) in [6, 6.07) is 25.2. The van der Waals surface area contributed by atoms with Crippen molar-refractivity contribution in [3.05, 3.63) is 120 Å². The zero-order valence-electron chi connectivity index (χ0n) is 21.7. The second-order valence-electron chi connectivity index (χ2n) is 10.1. The van der Waals surface area contributed by atoms with Crippen LogP contribution in [0.5, 0.6) is 0 Å². The molecule has 0 spiro atoms. The minimum Gasteiger partial charge on any atom is -0.336 e. The maximum Gasteiger partial charge on any atom is 0.256 e. The van der Waals surface area contributed by atoms with Gasteiger partial charge in [-0.25, -0.2) is 4.39 Å². The van der Waals surface area contributed by atoms with Gasteiger partial charge in [0.25, 0.3) is 17.7 Å². The van der Waals surface area contributed by atoms with Crippen LogP contribution in [0.3, 0.4) is 0 Å². The molecule has 3 amide bonds. The van der Waals surface area contributed by atoms with Gasteiger partial charge in [-0.15, -0.1) is 0 Å². The van der Waals surface area contributed by atoms with Crippen molar-refractivity contribution in [2.75, 3.05) is 25.0 Å². The topological polar surface area (TPSA) is 82.6 Å². The van der Waals surface area contributed by atoms with E-state index in [-0.39, 0.29) is 35.5 Å². The number of hydrogen-bond acceptors (Lipinski definition) is 4. The van der Waals surface area contributed by atoms with Crippen molar-refractivity contribution in [3.8, 4) is 11.3 Å². The highest BCUT2D eigenvalue weighted by molar-refractivity contribution is 6.04. The van der Waals surface area contributed by atoms with E-state index in [0.29, 0.717) is 53.3 Å². The Morgan fingerprint density at radius 3 is 2.30 bits per heavy atom. The molecular weight excluding hydrogens is 507 g/mol. The first kappa shape index (κ1) is 25.4. The molecule has 2 aliphatic rings. The van der Waals surface area contributed by atoms with E-state index in [9.17, 15) is 18.8 Å². The molecule has 2 aliphatic heterocycles. The number of pyridine rings is 1. The fourth-order valence-electron chi connectivity index (χ4n) is 5.62. The van der Waals surface area contributed by atoms with Gasteiger partial charge in [0.15, 0.2) is 0 Å². The fourth-order valence-corrected chi connectivity index (χ4v) is 5.62. The molecular formula is C32H27FN4O3. The lowest BCUT2D eigenvalue weighted by molar-refractivity contribution is 0.0689. The largest absolute Gasteiger partial charge is 0.336 e. The molecule has 1 N–H and O–H groups in total. The smallest absolute Gasteiger partial charge is 0.256 e. The molecule has 2 fully saturated rings. The van der Waals surface area contributed by atoms with Gasteiger partial charge in [0.05, 0.1) is 17.3 Å². The van der Waals surface area contributed by atoms with Crippen LogP contribution in [0.2, 0.25) is 0 Å². The molecule has 8 heteroatoms. The number of rotatable bonds is 5. The van der Waals surface area contributed by atoms with Crippen LogP contribution >= 0.6 is 0 Å². The standard InChI is InChI=1S/C32H27FN4O3/c33-25-12-8-21(9-13-25)29-27(7-4-17-34-29)32(40)37-18-16-24-19-36(20-28(24)37)31(39)23-10-14-26(15-11-23)35-30(38)22-5-2-1-3-6-22/h1-15,17,24,28H,16,18-20H2,(H,35,38)/t24-,28+/m0/s1. The summed E-state index contributed by atoms with van der Waals surface area (Å²) in [6.07, 6.45) is 2.44. The van der Waals surface area contributed by atoms with Crippen molar-refractivity contribution < 1.29 is 18.8 Å². The first-order valence-corrected chi connectivity index (χ1v) is 13.3. The van der Waals surface area contributed by atoms with Gasteiger partial charge in [-0.3, -0.25) is 19.4 Å². The number of carbonyl (C=O) groups excluding carboxylic acids is 3. The lowest BCUT2D eigenvalue weighted by Gasteiger charge is -2.26. The van der Waals surface area contributed by atoms with Crippen LogP contribution in [0.1, 0.15) is 37.5 Å². The molecule has 0 saturated carbocycles. The van der Waals surface area contributed by atoms with Crippen molar-refractivity contribution in [2.45, 2.75) is 12.5 Å². The van der Waals surface area contributed by atoms with Gasteiger partial charge in [0.1, 0.15) is 5.82 Å². The quantitative estimate of drug-likeness (QED) is 0.385. The van der Waals surface area contributed by atoms with Crippen LogP contribution in [0.4, 0.5) is 10.1 Å². The van der Waals surface area contributed by atoms with E-state index in [0.717, 1.165) is 6.42 Å². The highest BCUT2D eigenvalue weighted by Crippen LogP contribution is 2.34. The third kappa shape index (κ3) is 4.96. The average molecular weight is 535 g/mol. The molecule has 2 atom stereocenters. The number of amides is 3. The van der Waals surface area contributed by atoms with Gasteiger partial charge in [0.2, 0.25) is 0 Å². The summed E-state index contributed by atoms with van der Waals surface area (Å²) in [5.41, 5.74) is 3.35. The van der Waals surface area contributed by atoms with Crippen LogP contribution in [-0.2, 0) is 0 Å². The number of anilines is 1. The van der Waals surface area contributed by atoms with Gasteiger partial charge < -0.3 is 15.1 Å². The molecule has 0 radical (unpaired) electrons.